The fourth-order valence-electron chi connectivity index (χ4n) is 3.05. The molecule has 1 amide bonds. The second-order valence-corrected chi connectivity index (χ2v) is 5.67. The molecule has 0 bridgehead atoms. The van der Waals surface area contributed by atoms with Crippen molar-refractivity contribution in [3.63, 3.8) is 0 Å². The second-order valence-electron chi connectivity index (χ2n) is 5.67. The fourth-order valence-corrected chi connectivity index (χ4v) is 3.05. The predicted molar refractivity (Wildman–Crippen MR) is 76.6 cm³/mol. The van der Waals surface area contributed by atoms with Crippen molar-refractivity contribution >= 4 is 5.91 Å². The maximum absolute atomic E-state index is 12.2. The van der Waals surface area contributed by atoms with Gasteiger partial charge in [-0.05, 0) is 45.4 Å². The zero-order valence-corrected chi connectivity index (χ0v) is 12.6. The Labute approximate surface area is 112 Å². The van der Waals surface area contributed by atoms with Gasteiger partial charge in [0.2, 0.25) is 5.91 Å². The molecular weight excluding hydrogens is 224 g/mol. The summed E-state index contributed by atoms with van der Waals surface area (Å²) in [6.45, 7) is 11.0. The summed E-state index contributed by atoms with van der Waals surface area (Å²) in [5.41, 5.74) is 0.456. The molecule has 1 fully saturated rings. The molecule has 0 spiro atoms. The van der Waals surface area contributed by atoms with Crippen molar-refractivity contribution in [1.29, 1.82) is 0 Å². The van der Waals surface area contributed by atoms with Gasteiger partial charge in [0.25, 0.3) is 0 Å². The van der Waals surface area contributed by atoms with Crippen molar-refractivity contribution in [3.05, 3.63) is 0 Å². The topological polar surface area (TPSA) is 32.3 Å². The minimum atomic E-state index is -0.0473. The maximum Gasteiger partial charge on any atom is 0.239 e. The lowest BCUT2D eigenvalue weighted by Crippen LogP contribution is -2.47. The Morgan fingerprint density at radius 1 is 1.22 bits per heavy atom. The number of amides is 1. The molecule has 1 unspecified atom stereocenters. The van der Waals surface area contributed by atoms with Crippen molar-refractivity contribution in [1.82, 2.24) is 10.2 Å². The van der Waals surface area contributed by atoms with Crippen LogP contribution < -0.4 is 5.32 Å². The molecule has 1 rings (SSSR count). The molecule has 0 radical (unpaired) electrons. The lowest BCUT2D eigenvalue weighted by Gasteiger charge is -2.31. The Kier molecular flexibility index (Phi) is 6.13. The number of carbonyl (C=O) groups excluding carboxylic acids is 1. The van der Waals surface area contributed by atoms with Crippen LogP contribution in [0.1, 0.15) is 59.8 Å². The standard InChI is InChI=1S/C15H30N2O/c1-5-15(10-8-9-11-15)12-16-13(4)14(18)17(6-2)7-3/h13,16H,5-12H2,1-4H3. The molecule has 0 aromatic rings. The Morgan fingerprint density at radius 2 is 1.78 bits per heavy atom. The third-order valence-electron chi connectivity index (χ3n) is 4.64. The normalized spacial score (nSPS) is 19.8. The lowest BCUT2D eigenvalue weighted by atomic mass is 9.83. The highest BCUT2D eigenvalue weighted by Gasteiger charge is 2.32. The smallest absolute Gasteiger partial charge is 0.239 e. The summed E-state index contributed by atoms with van der Waals surface area (Å²) >= 11 is 0. The van der Waals surface area contributed by atoms with E-state index in [4.69, 9.17) is 0 Å². The monoisotopic (exact) mass is 254 g/mol. The third-order valence-corrected chi connectivity index (χ3v) is 4.64. The van der Waals surface area contributed by atoms with E-state index in [0.717, 1.165) is 19.6 Å². The number of nitrogens with one attached hydrogen (secondary N) is 1. The van der Waals surface area contributed by atoms with E-state index in [9.17, 15) is 4.79 Å². The third kappa shape index (κ3) is 3.71. The number of hydrogen-bond acceptors (Lipinski definition) is 2. The summed E-state index contributed by atoms with van der Waals surface area (Å²) in [6, 6.07) is -0.0473. The van der Waals surface area contributed by atoms with E-state index in [1.165, 1.54) is 32.1 Å². The largest absolute Gasteiger partial charge is 0.342 e. The second kappa shape index (κ2) is 7.13. The zero-order valence-electron chi connectivity index (χ0n) is 12.6. The van der Waals surface area contributed by atoms with Gasteiger partial charge in [-0.25, -0.2) is 0 Å². The van der Waals surface area contributed by atoms with Crippen molar-refractivity contribution < 1.29 is 4.79 Å². The molecule has 0 aromatic carbocycles. The van der Waals surface area contributed by atoms with Crippen LogP contribution >= 0.6 is 0 Å². The molecule has 1 atom stereocenters. The van der Waals surface area contributed by atoms with E-state index in [1.54, 1.807) is 0 Å². The molecule has 0 aromatic heterocycles. The van der Waals surface area contributed by atoms with Crippen LogP contribution in [-0.2, 0) is 4.79 Å². The van der Waals surface area contributed by atoms with E-state index < -0.39 is 0 Å². The Hall–Kier alpha value is -0.570. The van der Waals surface area contributed by atoms with Crippen molar-refractivity contribution in [2.75, 3.05) is 19.6 Å². The number of likely N-dealkylation sites (N-methyl/N-ethyl adjacent to an activating group) is 1. The van der Waals surface area contributed by atoms with Crippen LogP contribution in [-0.4, -0.2) is 36.5 Å². The van der Waals surface area contributed by atoms with E-state index in [0.29, 0.717) is 5.41 Å². The van der Waals surface area contributed by atoms with Gasteiger partial charge in [-0.15, -0.1) is 0 Å². The van der Waals surface area contributed by atoms with Gasteiger partial charge < -0.3 is 10.2 Å². The van der Waals surface area contributed by atoms with Crippen LogP contribution in [0.3, 0.4) is 0 Å². The molecule has 0 aliphatic heterocycles. The molecule has 18 heavy (non-hydrogen) atoms. The van der Waals surface area contributed by atoms with E-state index in [2.05, 4.69) is 12.2 Å². The summed E-state index contributed by atoms with van der Waals surface area (Å²) < 4.78 is 0. The number of hydrogen-bond donors (Lipinski definition) is 1. The maximum atomic E-state index is 12.2. The van der Waals surface area contributed by atoms with Crippen LogP contribution in [0.5, 0.6) is 0 Å². The molecule has 1 aliphatic carbocycles. The molecule has 0 heterocycles. The summed E-state index contributed by atoms with van der Waals surface area (Å²) in [6.07, 6.45) is 6.58. The van der Waals surface area contributed by atoms with E-state index in [1.807, 2.05) is 25.7 Å². The number of rotatable bonds is 7. The van der Waals surface area contributed by atoms with Crippen LogP contribution in [0, 0.1) is 5.41 Å². The van der Waals surface area contributed by atoms with Gasteiger partial charge in [0.15, 0.2) is 0 Å². The summed E-state index contributed by atoms with van der Waals surface area (Å²) in [4.78, 5) is 14.1. The average Bonchev–Trinajstić information content (AvgIpc) is 2.86. The Bertz CT molecular complexity index is 255. The molecule has 106 valence electrons. The van der Waals surface area contributed by atoms with E-state index in [-0.39, 0.29) is 11.9 Å². The first kappa shape index (κ1) is 15.5. The summed E-state index contributed by atoms with van der Waals surface area (Å²) in [5, 5.41) is 3.47. The van der Waals surface area contributed by atoms with Gasteiger partial charge in [0, 0.05) is 19.6 Å². The van der Waals surface area contributed by atoms with Crippen molar-refractivity contribution in [2.24, 2.45) is 5.41 Å². The first-order valence-electron chi connectivity index (χ1n) is 7.60. The van der Waals surface area contributed by atoms with Crippen LogP contribution in [0.4, 0.5) is 0 Å². The number of carbonyl (C=O) groups is 1. The highest BCUT2D eigenvalue weighted by molar-refractivity contribution is 5.81. The van der Waals surface area contributed by atoms with Crippen molar-refractivity contribution in [3.8, 4) is 0 Å². The predicted octanol–water partition coefficient (Wildman–Crippen LogP) is 2.80. The Morgan fingerprint density at radius 3 is 2.22 bits per heavy atom. The quantitative estimate of drug-likeness (QED) is 0.757. The van der Waals surface area contributed by atoms with Gasteiger partial charge in [0.05, 0.1) is 6.04 Å². The molecule has 1 saturated carbocycles. The first-order chi connectivity index (χ1) is 8.58. The van der Waals surface area contributed by atoms with E-state index >= 15 is 0 Å². The highest BCUT2D eigenvalue weighted by atomic mass is 16.2. The van der Waals surface area contributed by atoms with Gasteiger partial charge in [-0.3, -0.25) is 4.79 Å². The fraction of sp³-hybridized carbons (Fsp3) is 0.933. The minimum Gasteiger partial charge on any atom is -0.342 e. The van der Waals surface area contributed by atoms with Crippen molar-refractivity contribution in [2.45, 2.75) is 65.8 Å². The van der Waals surface area contributed by atoms with Gasteiger partial charge in [-0.1, -0.05) is 19.8 Å². The zero-order chi connectivity index (χ0) is 13.6. The molecule has 1 aliphatic rings. The van der Waals surface area contributed by atoms with Gasteiger partial charge in [0.1, 0.15) is 0 Å². The van der Waals surface area contributed by atoms with Gasteiger partial charge in [-0.2, -0.15) is 0 Å². The first-order valence-corrected chi connectivity index (χ1v) is 7.60. The lowest BCUT2D eigenvalue weighted by molar-refractivity contribution is -0.132. The highest BCUT2D eigenvalue weighted by Crippen LogP contribution is 2.40. The molecule has 3 nitrogen and oxygen atoms in total. The molecule has 1 N–H and O–H groups in total. The molecule has 0 saturated heterocycles. The van der Waals surface area contributed by atoms with Crippen LogP contribution in [0.25, 0.3) is 0 Å². The molecular formula is C15H30N2O. The minimum absolute atomic E-state index is 0.0473. The SMILES string of the molecule is CCN(CC)C(=O)C(C)NCC1(CC)CCCC1. The summed E-state index contributed by atoms with van der Waals surface area (Å²) in [7, 11) is 0. The van der Waals surface area contributed by atoms with Crippen LogP contribution in [0.15, 0.2) is 0 Å². The average molecular weight is 254 g/mol. The summed E-state index contributed by atoms with van der Waals surface area (Å²) in [5.74, 6) is 0.240. The number of nitrogens with zero attached hydrogens (tertiary/aromatic N) is 1. The van der Waals surface area contributed by atoms with Crippen LogP contribution in [0.2, 0.25) is 0 Å². The Balaban J connectivity index is 2.44. The van der Waals surface area contributed by atoms with Gasteiger partial charge >= 0.3 is 0 Å². The molecule has 3 heteroatoms.